The van der Waals surface area contributed by atoms with E-state index < -0.39 is 0 Å². The fraction of sp³-hybridized carbons (Fsp3) is 0.308. The van der Waals surface area contributed by atoms with Crippen molar-refractivity contribution in [1.82, 2.24) is 5.32 Å². The van der Waals surface area contributed by atoms with Crippen LogP contribution in [0.25, 0.3) is 11.1 Å². The second-order valence-electron chi connectivity index (χ2n) is 11.6. The molecule has 0 unspecified atom stereocenters. The van der Waals surface area contributed by atoms with Crippen molar-refractivity contribution in [2.75, 3.05) is 26.5 Å². The molecule has 0 spiro atoms. The quantitative estimate of drug-likeness (QED) is 0.0758. The number of esters is 1. The molecule has 0 atom stereocenters. The maximum absolute atomic E-state index is 12.6. The van der Waals surface area contributed by atoms with Crippen LogP contribution in [0.5, 0.6) is 23.0 Å². The minimum Gasteiger partial charge on any atom is -0.492 e. The van der Waals surface area contributed by atoms with Gasteiger partial charge in [0.2, 0.25) is 6.79 Å². The Morgan fingerprint density at radius 3 is 2.13 bits per heavy atom. The summed E-state index contributed by atoms with van der Waals surface area (Å²) in [6.45, 7) is 4.95. The van der Waals surface area contributed by atoms with Gasteiger partial charge in [-0.3, -0.25) is 0 Å². The number of rotatable bonds is 12. The van der Waals surface area contributed by atoms with Crippen LogP contribution in [-0.2, 0) is 0 Å². The summed E-state index contributed by atoms with van der Waals surface area (Å²) in [5.41, 5.74) is 5.94. The van der Waals surface area contributed by atoms with Crippen molar-refractivity contribution in [3.63, 3.8) is 0 Å². The number of hydrogen-bond acceptors (Lipinski definition) is 6. The molecule has 4 aromatic carbocycles. The zero-order valence-corrected chi connectivity index (χ0v) is 25.9. The van der Waals surface area contributed by atoms with Crippen LogP contribution in [0.2, 0.25) is 0 Å². The van der Waals surface area contributed by atoms with Crippen LogP contribution in [-0.4, -0.2) is 32.5 Å². The molecule has 6 rings (SSSR count). The van der Waals surface area contributed by atoms with Gasteiger partial charge in [0, 0.05) is 6.54 Å². The van der Waals surface area contributed by atoms with E-state index in [1.807, 2.05) is 60.7 Å². The van der Waals surface area contributed by atoms with Crippen molar-refractivity contribution in [2.45, 2.75) is 45.4 Å². The minimum absolute atomic E-state index is 0.234. The zero-order chi connectivity index (χ0) is 30.8. The van der Waals surface area contributed by atoms with Crippen molar-refractivity contribution in [2.24, 2.45) is 5.92 Å². The Hall–Kier alpha value is -4.55. The first kappa shape index (κ1) is 30.5. The van der Waals surface area contributed by atoms with Crippen LogP contribution in [0.4, 0.5) is 0 Å². The first-order valence-electron chi connectivity index (χ1n) is 16.1. The highest BCUT2D eigenvalue weighted by Crippen LogP contribution is 2.40. The van der Waals surface area contributed by atoms with E-state index in [1.165, 1.54) is 37.7 Å². The van der Waals surface area contributed by atoms with E-state index in [9.17, 15) is 4.79 Å². The van der Waals surface area contributed by atoms with Crippen molar-refractivity contribution in [3.8, 4) is 23.0 Å². The number of ether oxygens (including phenoxy) is 4. The van der Waals surface area contributed by atoms with Crippen LogP contribution in [0, 0.1) is 5.92 Å². The molecule has 0 aromatic heterocycles. The molecular weight excluding hydrogens is 562 g/mol. The van der Waals surface area contributed by atoms with Gasteiger partial charge in [0.25, 0.3) is 0 Å². The van der Waals surface area contributed by atoms with Crippen molar-refractivity contribution in [1.29, 1.82) is 0 Å². The van der Waals surface area contributed by atoms with E-state index >= 15 is 0 Å². The summed E-state index contributed by atoms with van der Waals surface area (Å²) in [6, 6.07) is 31.1. The molecule has 1 fully saturated rings. The van der Waals surface area contributed by atoms with E-state index in [2.05, 4.69) is 36.5 Å². The second kappa shape index (κ2) is 15.0. The van der Waals surface area contributed by atoms with Gasteiger partial charge in [-0.2, -0.15) is 0 Å². The summed E-state index contributed by atoms with van der Waals surface area (Å²) < 4.78 is 23.0. The van der Waals surface area contributed by atoms with Crippen LogP contribution in [0.3, 0.4) is 0 Å². The topological polar surface area (TPSA) is 66.0 Å². The minimum atomic E-state index is -0.381. The van der Waals surface area contributed by atoms with E-state index in [0.29, 0.717) is 17.9 Å². The van der Waals surface area contributed by atoms with Gasteiger partial charge in [-0.15, -0.1) is 0 Å². The lowest BCUT2D eigenvalue weighted by atomic mass is 9.88. The normalized spacial score (nSPS) is 15.0. The molecule has 0 amide bonds. The number of hydrogen-bond donors (Lipinski definition) is 1. The van der Waals surface area contributed by atoms with Gasteiger partial charge in [0.1, 0.15) is 18.1 Å². The molecular formula is C39H41NO5. The lowest BCUT2D eigenvalue weighted by molar-refractivity contribution is 0.0734. The molecule has 6 nitrogen and oxygen atoms in total. The SMILES string of the molecule is CC/C(=C(/c1ccc(OCCNCC2CCCCC2)cc1)c1ccc(OC(=O)c2ccccc2)cc1)c1ccc2c(c1)OCO2. The summed E-state index contributed by atoms with van der Waals surface area (Å²) in [5, 5.41) is 3.58. The predicted molar refractivity (Wildman–Crippen MR) is 178 cm³/mol. The van der Waals surface area contributed by atoms with Crippen LogP contribution in [0.15, 0.2) is 97.1 Å². The monoisotopic (exact) mass is 603 g/mol. The molecule has 0 radical (unpaired) electrons. The number of benzene rings is 4. The lowest BCUT2D eigenvalue weighted by Crippen LogP contribution is -2.28. The average molecular weight is 604 g/mol. The Labute approximate surface area is 266 Å². The Morgan fingerprint density at radius 2 is 1.42 bits per heavy atom. The largest absolute Gasteiger partial charge is 0.492 e. The smallest absolute Gasteiger partial charge is 0.343 e. The van der Waals surface area contributed by atoms with Crippen molar-refractivity contribution < 1.29 is 23.7 Å². The molecule has 1 N–H and O–H groups in total. The number of carbonyl (C=O) groups is 1. The van der Waals surface area contributed by atoms with E-state index in [0.717, 1.165) is 64.9 Å². The first-order chi connectivity index (χ1) is 22.2. The van der Waals surface area contributed by atoms with E-state index in [4.69, 9.17) is 18.9 Å². The maximum atomic E-state index is 12.6. The van der Waals surface area contributed by atoms with Gasteiger partial charge >= 0.3 is 5.97 Å². The van der Waals surface area contributed by atoms with Gasteiger partial charge in [-0.1, -0.05) is 74.7 Å². The molecule has 1 heterocycles. The standard InChI is InChI=1S/C39H41NO5/c1-2-35(32-17-22-36-37(25-32)44-27-43-36)38(30-15-20-34(21-16-30)45-39(41)31-11-7-4-8-12-31)29-13-18-33(19-14-29)42-24-23-40-26-28-9-5-3-6-10-28/h4,7-8,11-22,25,28,40H,2-3,5-6,9-10,23-24,26-27H2,1H3/b38-35+. The van der Waals surface area contributed by atoms with Gasteiger partial charge < -0.3 is 24.3 Å². The molecule has 45 heavy (non-hydrogen) atoms. The number of carbonyl (C=O) groups excluding carboxylic acids is 1. The highest BCUT2D eigenvalue weighted by atomic mass is 16.7. The third-order valence-electron chi connectivity index (χ3n) is 8.59. The molecule has 1 aliphatic heterocycles. The van der Waals surface area contributed by atoms with Gasteiger partial charge in [-0.05, 0) is 108 Å². The van der Waals surface area contributed by atoms with Gasteiger partial charge in [0.05, 0.1) is 5.56 Å². The third kappa shape index (κ3) is 7.76. The fourth-order valence-corrected chi connectivity index (χ4v) is 6.21. The molecule has 0 bridgehead atoms. The molecule has 1 aliphatic carbocycles. The molecule has 6 heteroatoms. The summed E-state index contributed by atoms with van der Waals surface area (Å²) >= 11 is 0. The Kier molecular flexibility index (Phi) is 10.1. The van der Waals surface area contributed by atoms with Crippen molar-refractivity contribution in [3.05, 3.63) is 119 Å². The molecule has 0 saturated heterocycles. The van der Waals surface area contributed by atoms with Gasteiger partial charge in [-0.25, -0.2) is 4.79 Å². The number of allylic oxidation sites excluding steroid dienone is 1. The highest BCUT2D eigenvalue weighted by molar-refractivity contribution is 5.99. The van der Waals surface area contributed by atoms with Crippen LogP contribution in [0.1, 0.15) is 72.5 Å². The number of fused-ring (bicyclic) bond motifs is 1. The number of nitrogens with one attached hydrogen (secondary N) is 1. The van der Waals surface area contributed by atoms with E-state index in [-0.39, 0.29) is 12.8 Å². The first-order valence-corrected chi connectivity index (χ1v) is 16.1. The Morgan fingerprint density at radius 1 is 0.756 bits per heavy atom. The summed E-state index contributed by atoms with van der Waals surface area (Å²) in [4.78, 5) is 12.6. The highest BCUT2D eigenvalue weighted by Gasteiger charge is 2.19. The fourth-order valence-electron chi connectivity index (χ4n) is 6.21. The third-order valence-corrected chi connectivity index (χ3v) is 8.59. The molecule has 4 aromatic rings. The predicted octanol–water partition coefficient (Wildman–Crippen LogP) is 8.55. The summed E-state index contributed by atoms with van der Waals surface area (Å²) in [5.74, 6) is 3.28. The molecule has 232 valence electrons. The summed E-state index contributed by atoms with van der Waals surface area (Å²) in [7, 11) is 0. The Balaban J connectivity index is 1.21. The molecule has 1 saturated carbocycles. The van der Waals surface area contributed by atoms with Crippen LogP contribution < -0.4 is 24.3 Å². The van der Waals surface area contributed by atoms with Crippen molar-refractivity contribution >= 4 is 17.1 Å². The maximum Gasteiger partial charge on any atom is 0.343 e. The zero-order valence-electron chi connectivity index (χ0n) is 25.9. The lowest BCUT2D eigenvalue weighted by Gasteiger charge is -2.21. The Bertz CT molecular complexity index is 1590. The second-order valence-corrected chi connectivity index (χ2v) is 11.6. The van der Waals surface area contributed by atoms with Gasteiger partial charge in [0.15, 0.2) is 11.5 Å². The summed E-state index contributed by atoms with van der Waals surface area (Å²) in [6.07, 6.45) is 7.61. The van der Waals surface area contributed by atoms with Crippen LogP contribution >= 0.6 is 0 Å². The molecule has 2 aliphatic rings. The van der Waals surface area contributed by atoms with E-state index in [1.54, 1.807) is 12.1 Å². The average Bonchev–Trinajstić information content (AvgIpc) is 3.57.